The van der Waals surface area contributed by atoms with E-state index in [4.69, 9.17) is 5.73 Å². The van der Waals surface area contributed by atoms with E-state index in [-0.39, 0.29) is 23.8 Å². The van der Waals surface area contributed by atoms with Gasteiger partial charge >= 0.3 is 0 Å². The van der Waals surface area contributed by atoms with Gasteiger partial charge in [0.2, 0.25) is 11.8 Å². The zero-order valence-corrected chi connectivity index (χ0v) is 11.2. The molecule has 0 aliphatic heterocycles. The first-order valence-corrected chi connectivity index (χ1v) is 6.19. The summed E-state index contributed by atoms with van der Waals surface area (Å²) in [5.41, 5.74) is 5.39. The van der Waals surface area contributed by atoms with Crippen LogP contribution < -0.4 is 16.4 Å². The van der Waals surface area contributed by atoms with E-state index in [0.717, 1.165) is 12.8 Å². The van der Waals surface area contributed by atoms with Gasteiger partial charge in [-0.05, 0) is 40.2 Å². The van der Waals surface area contributed by atoms with Crippen molar-refractivity contribution in [3.8, 4) is 0 Å². The molecule has 17 heavy (non-hydrogen) atoms. The van der Waals surface area contributed by atoms with E-state index in [0.29, 0.717) is 6.54 Å². The van der Waals surface area contributed by atoms with Gasteiger partial charge in [-0.15, -0.1) is 0 Å². The van der Waals surface area contributed by atoms with Crippen LogP contribution in [-0.4, -0.2) is 30.4 Å². The van der Waals surface area contributed by atoms with Gasteiger partial charge in [-0.25, -0.2) is 0 Å². The molecule has 0 aliphatic rings. The van der Waals surface area contributed by atoms with Crippen molar-refractivity contribution in [3.05, 3.63) is 0 Å². The maximum Gasteiger partial charge on any atom is 0.242 e. The van der Waals surface area contributed by atoms with Crippen molar-refractivity contribution in [2.24, 2.45) is 11.7 Å². The number of carbonyl (C=O) groups is 2. The molecule has 0 fully saturated rings. The third kappa shape index (κ3) is 6.94. The SMILES string of the molecule is CC(C)NC(=O)C(C)NC(=O)C(C)CCCN. The van der Waals surface area contributed by atoms with Crippen molar-refractivity contribution in [2.75, 3.05) is 6.54 Å². The minimum atomic E-state index is -0.495. The lowest BCUT2D eigenvalue weighted by atomic mass is 10.0. The lowest BCUT2D eigenvalue weighted by Crippen LogP contribution is -2.48. The van der Waals surface area contributed by atoms with Gasteiger partial charge in [-0.2, -0.15) is 0 Å². The Morgan fingerprint density at radius 3 is 2.12 bits per heavy atom. The van der Waals surface area contributed by atoms with E-state index in [1.165, 1.54) is 0 Å². The molecule has 2 amide bonds. The Balaban J connectivity index is 4.05. The van der Waals surface area contributed by atoms with Gasteiger partial charge in [0.1, 0.15) is 6.04 Å². The maximum absolute atomic E-state index is 11.7. The van der Waals surface area contributed by atoms with E-state index < -0.39 is 6.04 Å². The number of rotatable bonds is 7. The summed E-state index contributed by atoms with van der Waals surface area (Å²) in [6, 6.07) is -0.415. The Labute approximate surface area is 104 Å². The normalized spacial score (nSPS) is 14.2. The highest BCUT2D eigenvalue weighted by molar-refractivity contribution is 5.88. The number of carbonyl (C=O) groups excluding carboxylic acids is 2. The fourth-order valence-corrected chi connectivity index (χ4v) is 1.39. The Hall–Kier alpha value is -1.10. The molecule has 2 atom stereocenters. The Morgan fingerprint density at radius 2 is 1.65 bits per heavy atom. The lowest BCUT2D eigenvalue weighted by molar-refractivity contribution is -0.130. The van der Waals surface area contributed by atoms with E-state index in [9.17, 15) is 9.59 Å². The van der Waals surface area contributed by atoms with E-state index in [1.807, 2.05) is 20.8 Å². The van der Waals surface area contributed by atoms with E-state index in [2.05, 4.69) is 10.6 Å². The van der Waals surface area contributed by atoms with Gasteiger partial charge in [0.25, 0.3) is 0 Å². The minimum Gasteiger partial charge on any atom is -0.352 e. The van der Waals surface area contributed by atoms with Crippen LogP contribution in [-0.2, 0) is 9.59 Å². The third-order valence-corrected chi connectivity index (χ3v) is 2.47. The Morgan fingerprint density at radius 1 is 1.06 bits per heavy atom. The van der Waals surface area contributed by atoms with Crippen LogP contribution in [0.1, 0.15) is 40.5 Å². The van der Waals surface area contributed by atoms with Gasteiger partial charge in [0.15, 0.2) is 0 Å². The summed E-state index contributed by atoms with van der Waals surface area (Å²) in [4.78, 5) is 23.3. The molecule has 0 saturated carbocycles. The van der Waals surface area contributed by atoms with Crippen LogP contribution in [0.5, 0.6) is 0 Å². The van der Waals surface area contributed by atoms with Crippen LogP contribution in [0.3, 0.4) is 0 Å². The first-order valence-electron chi connectivity index (χ1n) is 6.19. The molecule has 0 aliphatic carbocycles. The minimum absolute atomic E-state index is 0.0801. The summed E-state index contributed by atoms with van der Waals surface area (Å²) in [5, 5.41) is 5.46. The van der Waals surface area contributed by atoms with Crippen molar-refractivity contribution < 1.29 is 9.59 Å². The monoisotopic (exact) mass is 243 g/mol. The number of hydrogen-bond donors (Lipinski definition) is 3. The summed E-state index contributed by atoms with van der Waals surface area (Å²) in [6.07, 6.45) is 1.57. The summed E-state index contributed by atoms with van der Waals surface area (Å²) in [7, 11) is 0. The van der Waals surface area contributed by atoms with Crippen LogP contribution >= 0.6 is 0 Å². The molecule has 0 radical (unpaired) electrons. The predicted molar refractivity (Wildman–Crippen MR) is 68.3 cm³/mol. The fourth-order valence-electron chi connectivity index (χ4n) is 1.39. The molecule has 0 aromatic rings. The first kappa shape index (κ1) is 15.9. The third-order valence-electron chi connectivity index (χ3n) is 2.47. The molecule has 5 heteroatoms. The largest absolute Gasteiger partial charge is 0.352 e. The highest BCUT2D eigenvalue weighted by atomic mass is 16.2. The van der Waals surface area contributed by atoms with Gasteiger partial charge in [0, 0.05) is 12.0 Å². The quantitative estimate of drug-likeness (QED) is 0.605. The maximum atomic E-state index is 11.7. The molecular formula is C12H25N3O2. The predicted octanol–water partition coefficient (Wildman–Crippen LogP) is 0.391. The van der Waals surface area contributed by atoms with Crippen molar-refractivity contribution in [1.29, 1.82) is 0 Å². The zero-order chi connectivity index (χ0) is 13.4. The molecule has 0 saturated heterocycles. The molecule has 2 unspecified atom stereocenters. The fraction of sp³-hybridized carbons (Fsp3) is 0.833. The van der Waals surface area contributed by atoms with Crippen LogP contribution in [0.25, 0.3) is 0 Å². The van der Waals surface area contributed by atoms with Crippen molar-refractivity contribution in [2.45, 2.75) is 52.6 Å². The van der Waals surface area contributed by atoms with Crippen LogP contribution in [0.2, 0.25) is 0 Å². The lowest BCUT2D eigenvalue weighted by Gasteiger charge is -2.18. The molecular weight excluding hydrogens is 218 g/mol. The van der Waals surface area contributed by atoms with Crippen molar-refractivity contribution in [1.82, 2.24) is 10.6 Å². The summed E-state index contributed by atoms with van der Waals surface area (Å²) < 4.78 is 0. The second-order valence-corrected chi connectivity index (χ2v) is 4.73. The second kappa shape index (κ2) is 8.06. The Bertz CT molecular complexity index is 254. The van der Waals surface area contributed by atoms with E-state index in [1.54, 1.807) is 6.92 Å². The average Bonchev–Trinajstić information content (AvgIpc) is 2.24. The number of nitrogens with two attached hydrogens (primary N) is 1. The number of nitrogens with one attached hydrogen (secondary N) is 2. The van der Waals surface area contributed by atoms with E-state index >= 15 is 0 Å². The van der Waals surface area contributed by atoms with Gasteiger partial charge < -0.3 is 16.4 Å². The molecule has 0 spiro atoms. The van der Waals surface area contributed by atoms with Crippen molar-refractivity contribution >= 4 is 11.8 Å². The topological polar surface area (TPSA) is 84.2 Å². The van der Waals surface area contributed by atoms with Gasteiger partial charge in [-0.3, -0.25) is 9.59 Å². The molecule has 5 nitrogen and oxygen atoms in total. The standard InChI is InChI=1S/C12H25N3O2/c1-8(2)14-12(17)10(4)15-11(16)9(3)6-5-7-13/h8-10H,5-7,13H2,1-4H3,(H,14,17)(H,15,16). The smallest absolute Gasteiger partial charge is 0.242 e. The molecule has 100 valence electrons. The molecule has 0 aromatic carbocycles. The molecule has 0 aromatic heterocycles. The van der Waals surface area contributed by atoms with Crippen LogP contribution in [0, 0.1) is 5.92 Å². The van der Waals surface area contributed by atoms with Gasteiger partial charge in [-0.1, -0.05) is 6.92 Å². The molecule has 0 rings (SSSR count). The second-order valence-electron chi connectivity index (χ2n) is 4.73. The summed E-state index contributed by atoms with van der Waals surface area (Å²) in [6.45, 7) is 7.89. The first-order chi connectivity index (χ1) is 7.88. The van der Waals surface area contributed by atoms with Gasteiger partial charge in [0.05, 0.1) is 0 Å². The van der Waals surface area contributed by atoms with Crippen LogP contribution in [0.4, 0.5) is 0 Å². The Kier molecular flexibility index (Phi) is 7.54. The molecule has 4 N–H and O–H groups in total. The zero-order valence-electron chi connectivity index (χ0n) is 11.2. The van der Waals surface area contributed by atoms with Crippen LogP contribution in [0.15, 0.2) is 0 Å². The highest BCUT2D eigenvalue weighted by Crippen LogP contribution is 2.04. The summed E-state index contributed by atoms with van der Waals surface area (Å²) >= 11 is 0. The molecule has 0 bridgehead atoms. The number of amides is 2. The highest BCUT2D eigenvalue weighted by Gasteiger charge is 2.19. The van der Waals surface area contributed by atoms with Crippen molar-refractivity contribution in [3.63, 3.8) is 0 Å². The average molecular weight is 243 g/mol. The number of hydrogen-bond acceptors (Lipinski definition) is 3. The molecule has 0 heterocycles. The summed E-state index contributed by atoms with van der Waals surface area (Å²) in [5.74, 6) is -0.350.